The van der Waals surface area contributed by atoms with Crippen LogP contribution in [0.15, 0.2) is 36.4 Å². The van der Waals surface area contributed by atoms with Crippen LogP contribution in [-0.4, -0.2) is 59.8 Å². The van der Waals surface area contributed by atoms with Gasteiger partial charge in [0.05, 0.1) is 21.1 Å². The van der Waals surface area contributed by atoms with Crippen LogP contribution in [0, 0.1) is 5.82 Å². The van der Waals surface area contributed by atoms with Crippen LogP contribution < -0.4 is 10.1 Å². The fraction of sp³-hybridized carbons (Fsp3) is 0.400. The molecule has 1 atom stereocenters. The number of nitrogens with one attached hydrogen (secondary N) is 1. The minimum absolute atomic E-state index is 0.0294. The largest absolute Gasteiger partial charge is 0.488 e. The summed E-state index contributed by atoms with van der Waals surface area (Å²) in [6.07, 6.45) is -6.64. The Morgan fingerprint density at radius 3 is 2.74 bits per heavy atom. The van der Waals surface area contributed by atoms with Gasteiger partial charge in [0.15, 0.2) is 0 Å². The molecule has 0 saturated carbocycles. The first-order valence-electron chi connectivity index (χ1n) is 13.4. The molecule has 178 valence electrons. The Labute approximate surface area is 203 Å². The van der Waals surface area contributed by atoms with E-state index in [0.29, 0.717) is 43.3 Å². The molecule has 3 heterocycles. The third kappa shape index (κ3) is 4.41. The van der Waals surface area contributed by atoms with Crippen molar-refractivity contribution in [3.63, 3.8) is 0 Å². The van der Waals surface area contributed by atoms with Gasteiger partial charge in [-0.15, -0.1) is 0 Å². The second kappa shape index (κ2) is 9.52. The lowest BCUT2D eigenvalue weighted by Gasteiger charge is -2.29. The first kappa shape index (κ1) is 17.2. The maximum absolute atomic E-state index is 15.3. The van der Waals surface area contributed by atoms with E-state index >= 15 is 4.39 Å². The number of hydrogen-bond donors (Lipinski definition) is 1. The summed E-state index contributed by atoms with van der Waals surface area (Å²) in [7, 11) is 0. The lowest BCUT2D eigenvalue weighted by atomic mass is 10.0. The molecule has 34 heavy (non-hydrogen) atoms. The SMILES string of the molecule is [2H]C1([2H])C(=O)NC(=O)C([2H])(N2Cc3c(OCc4cccc(CN5CCOCC5)c4F)cccc3C2=O)C1([2H])[2H]. The molecule has 3 amide bonds. The lowest BCUT2D eigenvalue weighted by Crippen LogP contribution is -2.52. The van der Waals surface area contributed by atoms with Gasteiger partial charge in [-0.2, -0.15) is 0 Å². The van der Waals surface area contributed by atoms with Crippen molar-refractivity contribution in [3.8, 4) is 5.75 Å². The zero-order valence-corrected chi connectivity index (χ0v) is 18.2. The molecule has 2 fully saturated rings. The van der Waals surface area contributed by atoms with Crippen LogP contribution in [0.2, 0.25) is 0 Å². The van der Waals surface area contributed by atoms with Crippen LogP contribution in [-0.2, 0) is 34.0 Å². The second-order valence-electron chi connectivity index (χ2n) is 8.12. The molecular weight excluding hydrogens is 441 g/mol. The number of piperidine rings is 1. The number of carbonyl (C=O) groups excluding carboxylic acids is 3. The summed E-state index contributed by atoms with van der Waals surface area (Å²) in [4.78, 5) is 40.6. The van der Waals surface area contributed by atoms with Crippen LogP contribution in [0.1, 0.15) is 46.6 Å². The highest BCUT2D eigenvalue weighted by atomic mass is 19.1. The van der Waals surface area contributed by atoms with E-state index in [1.807, 2.05) is 0 Å². The molecule has 0 bridgehead atoms. The Balaban J connectivity index is 1.38. The highest BCUT2D eigenvalue weighted by molar-refractivity contribution is 6.05. The molecule has 0 aliphatic carbocycles. The molecule has 3 aliphatic heterocycles. The van der Waals surface area contributed by atoms with E-state index in [1.165, 1.54) is 18.2 Å². The fourth-order valence-electron chi connectivity index (χ4n) is 4.20. The average molecular weight is 473 g/mol. The summed E-state index contributed by atoms with van der Waals surface area (Å²) in [6, 6.07) is 6.35. The van der Waals surface area contributed by atoms with Crippen molar-refractivity contribution in [1.29, 1.82) is 0 Å². The van der Waals surface area contributed by atoms with E-state index in [0.717, 1.165) is 0 Å². The normalized spacial score (nSPS) is 28.2. The maximum Gasteiger partial charge on any atom is 0.255 e. The standard InChI is InChI=1S/C25H26FN3O5/c26-23-16(13-28-9-11-33-12-10-28)3-1-4-17(23)15-34-21-6-2-5-18-19(21)14-29(25(18)32)20-7-8-22(30)27-24(20)31/h1-6,20H,7-15H2,(H,27,30,31)/i7D2,8D2,20D. The quantitative estimate of drug-likeness (QED) is 0.647. The number of imide groups is 1. The topological polar surface area (TPSA) is 88.2 Å². The van der Waals surface area contributed by atoms with Gasteiger partial charge in [-0.25, -0.2) is 4.39 Å². The smallest absolute Gasteiger partial charge is 0.255 e. The number of morpholine rings is 1. The summed E-state index contributed by atoms with van der Waals surface area (Å²) in [6.45, 7) is 2.35. The predicted molar refractivity (Wildman–Crippen MR) is 119 cm³/mol. The molecule has 1 N–H and O–H groups in total. The number of fused-ring (bicyclic) bond motifs is 1. The molecule has 2 saturated heterocycles. The molecule has 3 aliphatic rings. The second-order valence-corrected chi connectivity index (χ2v) is 8.12. The van der Waals surface area contributed by atoms with Gasteiger partial charge in [0.2, 0.25) is 11.8 Å². The summed E-state index contributed by atoms with van der Waals surface area (Å²) in [5.74, 6) is -4.12. The van der Waals surface area contributed by atoms with Gasteiger partial charge in [-0.1, -0.05) is 24.3 Å². The van der Waals surface area contributed by atoms with Crippen LogP contribution in [0.25, 0.3) is 0 Å². The van der Waals surface area contributed by atoms with Crippen molar-refractivity contribution in [1.82, 2.24) is 15.1 Å². The average Bonchev–Trinajstić information content (AvgIpc) is 3.25. The highest BCUT2D eigenvalue weighted by Gasteiger charge is 2.40. The first-order valence-corrected chi connectivity index (χ1v) is 10.9. The van der Waals surface area contributed by atoms with Crippen LogP contribution in [0.5, 0.6) is 5.75 Å². The van der Waals surface area contributed by atoms with Crippen molar-refractivity contribution >= 4 is 17.7 Å². The van der Waals surface area contributed by atoms with Gasteiger partial charge < -0.3 is 14.4 Å². The lowest BCUT2D eigenvalue weighted by molar-refractivity contribution is -0.136. The van der Waals surface area contributed by atoms with Gasteiger partial charge in [0.1, 0.15) is 24.2 Å². The maximum atomic E-state index is 15.3. The minimum atomic E-state index is -3.37. The Kier molecular flexibility index (Phi) is 4.81. The molecule has 5 rings (SSSR count). The molecule has 0 spiro atoms. The predicted octanol–water partition coefficient (Wildman–Crippen LogP) is 2.00. The van der Waals surface area contributed by atoms with Crippen molar-refractivity contribution in [2.24, 2.45) is 0 Å². The molecule has 8 nitrogen and oxygen atoms in total. The van der Waals surface area contributed by atoms with E-state index < -0.39 is 48.8 Å². The third-order valence-corrected chi connectivity index (χ3v) is 5.97. The van der Waals surface area contributed by atoms with Gasteiger partial charge in [-0.05, 0) is 18.5 Å². The van der Waals surface area contributed by atoms with Crippen LogP contribution >= 0.6 is 0 Å². The Morgan fingerprint density at radius 2 is 1.91 bits per heavy atom. The Bertz CT molecular complexity index is 1350. The van der Waals surface area contributed by atoms with Crippen molar-refractivity contribution in [3.05, 3.63) is 64.5 Å². The van der Waals surface area contributed by atoms with E-state index in [1.54, 1.807) is 23.5 Å². The minimum Gasteiger partial charge on any atom is -0.488 e. The number of carbonyl (C=O) groups is 3. The summed E-state index contributed by atoms with van der Waals surface area (Å²) >= 11 is 0. The number of nitrogens with zero attached hydrogens (tertiary/aromatic N) is 2. The van der Waals surface area contributed by atoms with Crippen molar-refractivity contribution < 1.29 is 35.1 Å². The van der Waals surface area contributed by atoms with Gasteiger partial charge >= 0.3 is 0 Å². The molecule has 2 aromatic carbocycles. The van der Waals surface area contributed by atoms with E-state index in [4.69, 9.17) is 16.3 Å². The third-order valence-electron chi connectivity index (χ3n) is 5.97. The highest BCUT2D eigenvalue weighted by Crippen LogP contribution is 2.34. The number of hydrogen-bond acceptors (Lipinski definition) is 6. The van der Waals surface area contributed by atoms with Crippen molar-refractivity contribution in [2.75, 3.05) is 26.3 Å². The zero-order valence-electron chi connectivity index (χ0n) is 23.2. The number of amides is 3. The van der Waals surface area contributed by atoms with E-state index in [9.17, 15) is 14.4 Å². The molecule has 2 aromatic rings. The number of halogens is 1. The van der Waals surface area contributed by atoms with Crippen LogP contribution in [0.4, 0.5) is 4.39 Å². The number of benzene rings is 2. The number of rotatable bonds is 6. The summed E-state index contributed by atoms with van der Waals surface area (Å²) < 4.78 is 67.4. The Morgan fingerprint density at radius 1 is 1.15 bits per heavy atom. The molecule has 1 unspecified atom stereocenters. The molecule has 9 heteroatoms. The molecule has 0 aromatic heterocycles. The Hall–Kier alpha value is -3.30. The summed E-state index contributed by atoms with van der Waals surface area (Å²) in [5.41, 5.74) is 1.05. The van der Waals surface area contributed by atoms with Crippen LogP contribution in [0.3, 0.4) is 0 Å². The molecular formula is C25H26FN3O5. The van der Waals surface area contributed by atoms with E-state index in [-0.39, 0.29) is 29.0 Å². The van der Waals surface area contributed by atoms with Gasteiger partial charge in [0.25, 0.3) is 5.91 Å². The molecule has 0 radical (unpaired) electrons. The zero-order chi connectivity index (χ0) is 28.2. The first-order chi connectivity index (χ1) is 18.4. The fourth-order valence-corrected chi connectivity index (χ4v) is 4.20. The van der Waals surface area contributed by atoms with Gasteiger partial charge in [0, 0.05) is 53.7 Å². The monoisotopic (exact) mass is 472 g/mol. The van der Waals surface area contributed by atoms with E-state index in [2.05, 4.69) is 4.90 Å². The summed E-state index contributed by atoms with van der Waals surface area (Å²) in [5, 5.41) is 1.68. The number of ether oxygens (including phenoxy) is 2. The van der Waals surface area contributed by atoms with Crippen molar-refractivity contribution in [2.45, 2.75) is 38.5 Å². The van der Waals surface area contributed by atoms with Gasteiger partial charge in [-0.3, -0.25) is 24.6 Å².